The van der Waals surface area contributed by atoms with Crippen molar-refractivity contribution < 1.29 is 28.2 Å². The first-order chi connectivity index (χ1) is 12.4. The number of nitrogens with zero attached hydrogens (tertiary/aromatic N) is 2. The molecule has 7 nitrogen and oxygen atoms in total. The number of rotatable bonds is 4. The third-order valence-corrected chi connectivity index (χ3v) is 6.49. The van der Waals surface area contributed by atoms with Crippen LogP contribution >= 0.6 is 11.8 Å². The zero-order valence-corrected chi connectivity index (χ0v) is 14.5. The van der Waals surface area contributed by atoms with Gasteiger partial charge in [0.1, 0.15) is 11.8 Å². The van der Waals surface area contributed by atoms with E-state index in [-0.39, 0.29) is 29.9 Å². The highest BCUT2D eigenvalue weighted by Crippen LogP contribution is 2.48. The van der Waals surface area contributed by atoms with E-state index in [2.05, 4.69) is 5.32 Å². The molecule has 0 saturated carbocycles. The van der Waals surface area contributed by atoms with Gasteiger partial charge in [-0.25, -0.2) is 18.4 Å². The van der Waals surface area contributed by atoms with Crippen molar-refractivity contribution in [2.24, 2.45) is 5.41 Å². The topological polar surface area (TPSA) is 82.1 Å². The number of anilines is 2. The smallest absolute Gasteiger partial charge is 0.414 e. The monoisotopic (exact) mass is 385 g/mol. The van der Waals surface area contributed by atoms with Gasteiger partial charge in [0.2, 0.25) is 0 Å². The summed E-state index contributed by atoms with van der Waals surface area (Å²) in [5.74, 6) is 0.607. The van der Waals surface area contributed by atoms with Gasteiger partial charge in [-0.3, -0.25) is 4.90 Å². The molecule has 10 heteroatoms. The maximum Gasteiger partial charge on any atom is 0.414 e. The fourth-order valence-corrected chi connectivity index (χ4v) is 4.69. The zero-order chi connectivity index (χ0) is 18.5. The Morgan fingerprint density at radius 1 is 1.35 bits per heavy atom. The van der Waals surface area contributed by atoms with Crippen LogP contribution in [0.4, 0.5) is 29.7 Å². The predicted molar refractivity (Wildman–Crippen MR) is 92.0 cm³/mol. The Hall–Kier alpha value is -2.23. The summed E-state index contributed by atoms with van der Waals surface area (Å²) in [7, 11) is 0. The molecule has 1 spiro atoms. The Kier molecular flexibility index (Phi) is 4.09. The number of thioether (sulfide) groups is 1. The first-order valence-corrected chi connectivity index (χ1v) is 9.29. The maximum atomic E-state index is 14.5. The van der Waals surface area contributed by atoms with E-state index in [1.807, 2.05) is 11.8 Å². The van der Waals surface area contributed by atoms with E-state index in [0.717, 1.165) is 28.5 Å². The van der Waals surface area contributed by atoms with Crippen molar-refractivity contribution in [1.29, 1.82) is 0 Å². The van der Waals surface area contributed by atoms with E-state index in [0.29, 0.717) is 13.1 Å². The third-order valence-electron chi connectivity index (χ3n) is 4.85. The van der Waals surface area contributed by atoms with Gasteiger partial charge in [0.15, 0.2) is 11.6 Å². The van der Waals surface area contributed by atoms with Crippen LogP contribution in [-0.2, 0) is 4.74 Å². The SMILES string of the molecule is O=C(O)NC[C@H]1CN(c2cc(F)c(N3CC4(CSC4)C3)c(F)c2)C(=O)O1. The second kappa shape index (κ2) is 6.19. The molecule has 1 aromatic carbocycles. The number of amides is 2. The third kappa shape index (κ3) is 2.91. The van der Waals surface area contributed by atoms with Gasteiger partial charge in [-0.15, -0.1) is 0 Å². The lowest BCUT2D eigenvalue weighted by atomic mass is 9.82. The van der Waals surface area contributed by atoms with Crippen molar-refractivity contribution >= 4 is 35.3 Å². The van der Waals surface area contributed by atoms with Crippen LogP contribution in [0, 0.1) is 17.0 Å². The van der Waals surface area contributed by atoms with Crippen molar-refractivity contribution in [3.8, 4) is 0 Å². The fraction of sp³-hybridized carbons (Fsp3) is 0.500. The van der Waals surface area contributed by atoms with Gasteiger partial charge >= 0.3 is 12.2 Å². The molecule has 0 radical (unpaired) electrons. The normalized spacial score (nSPS) is 23.5. The number of nitrogens with one attached hydrogen (secondary N) is 1. The Balaban J connectivity index is 1.48. The molecule has 0 aromatic heterocycles. The minimum atomic E-state index is -1.24. The first-order valence-electron chi connectivity index (χ1n) is 8.14. The molecular weight excluding hydrogens is 368 g/mol. The molecule has 3 fully saturated rings. The molecule has 0 bridgehead atoms. The second-order valence-corrected chi connectivity index (χ2v) is 7.89. The number of carboxylic acid groups (broad SMARTS) is 1. The molecular formula is C16H17F2N3O4S. The molecule has 0 aliphatic carbocycles. The molecule has 4 rings (SSSR count). The number of halogens is 2. The molecule has 3 aliphatic heterocycles. The molecule has 1 atom stereocenters. The molecule has 140 valence electrons. The molecule has 2 N–H and O–H groups in total. The summed E-state index contributed by atoms with van der Waals surface area (Å²) < 4.78 is 34.1. The molecule has 0 unspecified atom stereocenters. The number of benzene rings is 1. The van der Waals surface area contributed by atoms with Crippen molar-refractivity contribution in [2.75, 3.05) is 47.5 Å². The average molecular weight is 385 g/mol. The van der Waals surface area contributed by atoms with Gasteiger partial charge in [0.25, 0.3) is 0 Å². The quantitative estimate of drug-likeness (QED) is 0.826. The van der Waals surface area contributed by atoms with E-state index in [1.54, 1.807) is 4.90 Å². The first kappa shape index (κ1) is 17.2. The molecule has 3 saturated heterocycles. The van der Waals surface area contributed by atoms with E-state index < -0.39 is 29.9 Å². The van der Waals surface area contributed by atoms with Gasteiger partial charge < -0.3 is 20.1 Å². The largest absolute Gasteiger partial charge is 0.465 e. The van der Waals surface area contributed by atoms with Gasteiger partial charge in [-0.05, 0) is 0 Å². The Labute approximate surface area is 152 Å². The minimum Gasteiger partial charge on any atom is -0.465 e. The van der Waals surface area contributed by atoms with Gasteiger partial charge in [-0.1, -0.05) is 0 Å². The molecule has 26 heavy (non-hydrogen) atoms. The summed E-state index contributed by atoms with van der Waals surface area (Å²) in [5, 5.41) is 10.7. The number of cyclic esters (lactones) is 1. The summed E-state index contributed by atoms with van der Waals surface area (Å²) in [6, 6.07) is 2.24. The standard InChI is InChI=1S/C16H17F2N3O4S/c17-11-1-9(21-4-10(25-15(21)24)3-19-14(22)23)2-12(18)13(11)20-5-16(6-20)7-26-8-16/h1-2,10,19H,3-8H2,(H,22,23)/t10-/m0/s1. The van der Waals surface area contributed by atoms with Gasteiger partial charge in [0, 0.05) is 42.1 Å². The van der Waals surface area contributed by atoms with Crippen LogP contribution in [0.1, 0.15) is 0 Å². The number of carbonyl (C=O) groups is 2. The van der Waals surface area contributed by atoms with Gasteiger partial charge in [-0.2, -0.15) is 11.8 Å². The molecule has 3 heterocycles. The molecule has 3 aliphatic rings. The van der Waals surface area contributed by atoms with Crippen LogP contribution in [0.3, 0.4) is 0 Å². The average Bonchev–Trinajstić information content (AvgIpc) is 2.85. The molecule has 2 amide bonds. The maximum absolute atomic E-state index is 14.5. The second-order valence-electron chi connectivity index (χ2n) is 6.91. The van der Waals surface area contributed by atoms with E-state index >= 15 is 0 Å². The van der Waals surface area contributed by atoms with E-state index in [9.17, 15) is 18.4 Å². The lowest BCUT2D eigenvalue weighted by Crippen LogP contribution is -2.63. The lowest BCUT2D eigenvalue weighted by molar-refractivity contribution is 0.136. The summed E-state index contributed by atoms with van der Waals surface area (Å²) >= 11 is 1.84. The predicted octanol–water partition coefficient (Wildman–Crippen LogP) is 2.11. The van der Waals surface area contributed by atoms with Crippen LogP contribution in [0.15, 0.2) is 12.1 Å². The number of carbonyl (C=O) groups excluding carboxylic acids is 1. The van der Waals surface area contributed by atoms with Crippen LogP contribution in [-0.4, -0.2) is 61.1 Å². The van der Waals surface area contributed by atoms with Crippen LogP contribution < -0.4 is 15.1 Å². The Morgan fingerprint density at radius 2 is 2.00 bits per heavy atom. The number of hydrogen-bond donors (Lipinski definition) is 2. The highest BCUT2D eigenvalue weighted by atomic mass is 32.2. The van der Waals surface area contributed by atoms with Crippen LogP contribution in [0.25, 0.3) is 0 Å². The summed E-state index contributed by atoms with van der Waals surface area (Å²) in [6.45, 7) is 1.21. The highest BCUT2D eigenvalue weighted by molar-refractivity contribution is 8.00. The van der Waals surface area contributed by atoms with Crippen molar-refractivity contribution in [3.05, 3.63) is 23.8 Å². The molecule has 1 aromatic rings. The lowest BCUT2D eigenvalue weighted by Gasteiger charge is -2.56. The summed E-state index contributed by atoms with van der Waals surface area (Å²) in [5.41, 5.74) is 0.194. The highest BCUT2D eigenvalue weighted by Gasteiger charge is 2.49. The number of hydrogen-bond acceptors (Lipinski definition) is 5. The fourth-order valence-electron chi connectivity index (χ4n) is 3.54. The summed E-state index contributed by atoms with van der Waals surface area (Å²) in [6.07, 6.45) is -2.71. The van der Waals surface area contributed by atoms with Crippen molar-refractivity contribution in [2.45, 2.75) is 6.10 Å². The van der Waals surface area contributed by atoms with Crippen LogP contribution in [0.5, 0.6) is 0 Å². The van der Waals surface area contributed by atoms with Gasteiger partial charge in [0.05, 0.1) is 18.8 Å². The van der Waals surface area contributed by atoms with Crippen molar-refractivity contribution in [3.63, 3.8) is 0 Å². The Morgan fingerprint density at radius 3 is 2.54 bits per heavy atom. The van der Waals surface area contributed by atoms with E-state index in [1.165, 1.54) is 0 Å². The van der Waals surface area contributed by atoms with E-state index in [4.69, 9.17) is 9.84 Å². The minimum absolute atomic E-state index is 0.0153. The summed E-state index contributed by atoms with van der Waals surface area (Å²) in [4.78, 5) is 25.2. The Bertz CT molecular complexity index is 743. The van der Waals surface area contributed by atoms with Crippen molar-refractivity contribution in [1.82, 2.24) is 5.32 Å². The number of ether oxygens (including phenoxy) is 1. The zero-order valence-electron chi connectivity index (χ0n) is 13.7. The van der Waals surface area contributed by atoms with Crippen LogP contribution in [0.2, 0.25) is 0 Å².